The standard InChI is InChI=1S/C16H25F3N2O6/c1-8-25-11(22)9-10(16(17,18)19)20(9)21(12(23)26-14(2,3)4)13(24)27-15(5,6)7/h9-10H,8H2,1-7H3/t9-,10-,20?/m1/s1. The van der Waals surface area contributed by atoms with Crippen molar-refractivity contribution in [1.29, 1.82) is 0 Å². The number of carbonyl (C=O) groups excluding carboxylic acids is 3. The Labute approximate surface area is 155 Å². The van der Waals surface area contributed by atoms with Crippen molar-refractivity contribution < 1.29 is 41.8 Å². The molecule has 2 amide bonds. The maximum Gasteiger partial charge on any atom is 0.435 e. The number of hydrogen-bond acceptors (Lipinski definition) is 7. The van der Waals surface area contributed by atoms with E-state index in [-0.39, 0.29) is 16.6 Å². The van der Waals surface area contributed by atoms with Crippen LogP contribution in [0.1, 0.15) is 48.5 Å². The summed E-state index contributed by atoms with van der Waals surface area (Å²) in [4.78, 5) is 36.7. The van der Waals surface area contributed by atoms with Gasteiger partial charge in [-0.1, -0.05) is 0 Å². The third kappa shape index (κ3) is 6.26. The molecule has 1 heterocycles. The molecule has 11 heteroatoms. The van der Waals surface area contributed by atoms with E-state index in [4.69, 9.17) is 9.47 Å². The van der Waals surface area contributed by atoms with Crippen molar-refractivity contribution in [3.8, 4) is 0 Å². The maximum absolute atomic E-state index is 13.3. The van der Waals surface area contributed by atoms with Crippen LogP contribution in [0.4, 0.5) is 22.8 Å². The first-order valence-corrected chi connectivity index (χ1v) is 8.27. The van der Waals surface area contributed by atoms with Gasteiger partial charge in [0.25, 0.3) is 0 Å². The lowest BCUT2D eigenvalue weighted by atomic mass is 10.2. The molecule has 0 aliphatic carbocycles. The van der Waals surface area contributed by atoms with Gasteiger partial charge in [-0.25, -0.2) is 9.59 Å². The van der Waals surface area contributed by atoms with Crippen molar-refractivity contribution in [2.75, 3.05) is 6.61 Å². The highest BCUT2D eigenvalue weighted by atomic mass is 19.4. The van der Waals surface area contributed by atoms with Crippen molar-refractivity contribution in [2.45, 2.75) is 77.9 Å². The van der Waals surface area contributed by atoms with Gasteiger partial charge in [0.2, 0.25) is 0 Å². The van der Waals surface area contributed by atoms with E-state index in [1.807, 2.05) is 0 Å². The highest BCUT2D eigenvalue weighted by Gasteiger charge is 2.72. The van der Waals surface area contributed by atoms with Crippen LogP contribution in [-0.2, 0) is 19.0 Å². The number of hydrogen-bond donors (Lipinski definition) is 0. The van der Waals surface area contributed by atoms with Crippen LogP contribution in [0.15, 0.2) is 0 Å². The molecule has 0 radical (unpaired) electrons. The first kappa shape index (κ1) is 23.0. The van der Waals surface area contributed by atoms with E-state index in [1.54, 1.807) is 0 Å². The summed E-state index contributed by atoms with van der Waals surface area (Å²) in [5.74, 6) is -1.21. The Bertz CT molecular complexity index is 566. The summed E-state index contributed by atoms with van der Waals surface area (Å²) in [6, 6.07) is -4.29. The normalized spacial score (nSPS) is 22.7. The molecular formula is C16H25F3N2O6. The average molecular weight is 398 g/mol. The van der Waals surface area contributed by atoms with Gasteiger partial charge in [0, 0.05) is 0 Å². The van der Waals surface area contributed by atoms with E-state index in [2.05, 4.69) is 4.74 Å². The van der Waals surface area contributed by atoms with Crippen molar-refractivity contribution in [2.24, 2.45) is 0 Å². The second-order valence-corrected chi connectivity index (χ2v) is 7.84. The summed E-state index contributed by atoms with van der Waals surface area (Å²) in [5.41, 5.74) is -2.19. The molecule has 0 aromatic carbocycles. The Balaban J connectivity index is 3.25. The monoisotopic (exact) mass is 398 g/mol. The van der Waals surface area contributed by atoms with E-state index < -0.39 is 47.6 Å². The highest BCUT2D eigenvalue weighted by molar-refractivity contribution is 5.90. The van der Waals surface area contributed by atoms with Crippen LogP contribution in [-0.4, -0.2) is 64.2 Å². The van der Waals surface area contributed by atoms with E-state index in [0.717, 1.165) is 0 Å². The molecule has 0 bridgehead atoms. The number of esters is 1. The minimum atomic E-state index is -4.89. The predicted octanol–water partition coefficient (Wildman–Crippen LogP) is 3.25. The summed E-state index contributed by atoms with van der Waals surface area (Å²) in [6.07, 6.45) is -7.67. The number of halogens is 3. The van der Waals surface area contributed by atoms with Crippen molar-refractivity contribution >= 4 is 18.2 Å². The largest absolute Gasteiger partial charge is 0.465 e. The zero-order valence-electron chi connectivity index (χ0n) is 16.3. The second-order valence-electron chi connectivity index (χ2n) is 7.84. The minimum absolute atomic E-state index is 0.0657. The van der Waals surface area contributed by atoms with E-state index in [1.165, 1.54) is 48.5 Å². The lowest BCUT2D eigenvalue weighted by Gasteiger charge is -2.29. The van der Waals surface area contributed by atoms with Crippen molar-refractivity contribution in [1.82, 2.24) is 10.0 Å². The van der Waals surface area contributed by atoms with E-state index in [0.29, 0.717) is 0 Å². The Kier molecular flexibility index (Phi) is 6.41. The SMILES string of the molecule is CCOC(=O)[C@H]1[C@H](C(F)(F)F)N1N(C(=O)OC(C)(C)C)C(=O)OC(C)(C)C. The molecule has 8 nitrogen and oxygen atoms in total. The molecule has 1 fully saturated rings. The molecule has 3 atom stereocenters. The van der Waals surface area contributed by atoms with Gasteiger partial charge >= 0.3 is 24.3 Å². The first-order chi connectivity index (χ1) is 12.0. The smallest absolute Gasteiger partial charge is 0.435 e. The zero-order valence-corrected chi connectivity index (χ0v) is 16.3. The fourth-order valence-corrected chi connectivity index (χ4v) is 2.14. The van der Waals surface area contributed by atoms with E-state index in [9.17, 15) is 27.6 Å². The van der Waals surface area contributed by atoms with Gasteiger partial charge in [0.1, 0.15) is 11.2 Å². The molecule has 156 valence electrons. The molecule has 1 aliphatic heterocycles. The predicted molar refractivity (Wildman–Crippen MR) is 86.4 cm³/mol. The Morgan fingerprint density at radius 3 is 1.63 bits per heavy atom. The fourth-order valence-electron chi connectivity index (χ4n) is 2.14. The van der Waals surface area contributed by atoms with Gasteiger partial charge in [-0.2, -0.15) is 18.2 Å². The number of hydrazine groups is 1. The van der Waals surface area contributed by atoms with Gasteiger partial charge in [-0.05, 0) is 48.5 Å². The summed E-state index contributed by atoms with van der Waals surface area (Å²) >= 11 is 0. The third-order valence-corrected chi connectivity index (χ3v) is 3.01. The minimum Gasteiger partial charge on any atom is -0.465 e. The third-order valence-electron chi connectivity index (χ3n) is 3.01. The molecule has 1 aliphatic rings. The fraction of sp³-hybridized carbons (Fsp3) is 0.812. The Hall–Kier alpha value is -2.04. The second kappa shape index (κ2) is 7.53. The molecule has 0 N–H and O–H groups in total. The van der Waals surface area contributed by atoms with E-state index >= 15 is 0 Å². The van der Waals surface area contributed by atoms with Crippen LogP contribution < -0.4 is 0 Å². The summed E-state index contributed by atoms with van der Waals surface area (Å²) in [6.45, 7) is 10.1. The lowest BCUT2D eigenvalue weighted by Crippen LogP contribution is -2.48. The number of amides is 2. The number of alkyl halides is 3. The molecule has 1 unspecified atom stereocenters. The lowest BCUT2D eigenvalue weighted by molar-refractivity contribution is -0.151. The summed E-state index contributed by atoms with van der Waals surface area (Å²) in [5, 5.41) is 0.330. The van der Waals surface area contributed by atoms with Crippen LogP contribution in [0.5, 0.6) is 0 Å². The number of ether oxygens (including phenoxy) is 3. The van der Waals surface area contributed by atoms with Gasteiger partial charge in [0.05, 0.1) is 6.61 Å². The van der Waals surface area contributed by atoms with Gasteiger partial charge < -0.3 is 14.2 Å². The van der Waals surface area contributed by atoms with Gasteiger partial charge in [0.15, 0.2) is 12.1 Å². The summed E-state index contributed by atoms with van der Waals surface area (Å²) < 4.78 is 54.6. The first-order valence-electron chi connectivity index (χ1n) is 8.27. The van der Waals surface area contributed by atoms with Crippen LogP contribution in [0.3, 0.4) is 0 Å². The maximum atomic E-state index is 13.3. The molecule has 0 spiro atoms. The number of imide groups is 1. The van der Waals surface area contributed by atoms with Crippen molar-refractivity contribution in [3.63, 3.8) is 0 Å². The average Bonchev–Trinajstić information content (AvgIpc) is 3.09. The molecule has 0 aromatic rings. The van der Waals surface area contributed by atoms with Crippen LogP contribution in [0.25, 0.3) is 0 Å². The number of nitrogens with zero attached hydrogens (tertiary/aromatic N) is 2. The van der Waals surface area contributed by atoms with Crippen LogP contribution in [0.2, 0.25) is 0 Å². The number of carbonyl (C=O) groups is 3. The highest BCUT2D eigenvalue weighted by Crippen LogP contribution is 2.44. The van der Waals surface area contributed by atoms with Crippen LogP contribution >= 0.6 is 0 Å². The van der Waals surface area contributed by atoms with Crippen molar-refractivity contribution in [3.05, 3.63) is 0 Å². The molecule has 27 heavy (non-hydrogen) atoms. The van der Waals surface area contributed by atoms with Gasteiger partial charge in [-0.3, -0.25) is 4.79 Å². The quantitative estimate of drug-likeness (QED) is 0.410. The molecule has 0 aromatic heterocycles. The topological polar surface area (TPSA) is 85.2 Å². The Morgan fingerprint density at radius 1 is 0.926 bits per heavy atom. The molecule has 0 saturated carbocycles. The molecular weight excluding hydrogens is 373 g/mol. The summed E-state index contributed by atoms with van der Waals surface area (Å²) in [7, 11) is 0. The van der Waals surface area contributed by atoms with Gasteiger partial charge in [-0.15, -0.1) is 5.01 Å². The molecule has 1 rings (SSSR count). The Morgan fingerprint density at radius 2 is 1.33 bits per heavy atom. The zero-order chi connectivity index (χ0) is 21.4. The number of rotatable bonds is 3. The van der Waals surface area contributed by atoms with Crippen LogP contribution in [0, 0.1) is 0 Å². The molecule has 1 saturated heterocycles.